The molecule has 0 spiro atoms. The Labute approximate surface area is 202 Å². The highest BCUT2D eigenvalue weighted by Crippen LogP contribution is 2.30. The van der Waals surface area contributed by atoms with Crippen LogP contribution in [0.4, 0.5) is 10.1 Å². The molecule has 0 unspecified atom stereocenters. The third kappa shape index (κ3) is 6.68. The molecule has 0 atom stereocenters. The molecule has 0 saturated carbocycles. The quantitative estimate of drug-likeness (QED) is 0.262. The van der Waals surface area contributed by atoms with Crippen molar-refractivity contribution in [3.8, 4) is 17.6 Å². The molecule has 3 rings (SSSR count). The number of nitriles is 1. The Morgan fingerprint density at radius 1 is 1.03 bits per heavy atom. The molecule has 0 aliphatic carbocycles. The minimum Gasteiger partial charge on any atom is -0.490 e. The van der Waals surface area contributed by atoms with Gasteiger partial charge in [0.1, 0.15) is 24.1 Å². The average molecular weight is 474 g/mol. The first-order valence-electron chi connectivity index (χ1n) is 10.7. The van der Waals surface area contributed by atoms with Crippen molar-refractivity contribution in [1.82, 2.24) is 0 Å². The van der Waals surface area contributed by atoms with Gasteiger partial charge in [0, 0.05) is 0 Å². The van der Waals surface area contributed by atoms with Crippen LogP contribution in [-0.2, 0) is 16.1 Å². The maximum Gasteiger partial charge on any atom is 0.339 e. The predicted octanol–water partition coefficient (Wildman–Crippen LogP) is 5.14. The Kier molecular flexibility index (Phi) is 8.57. The molecule has 0 saturated heterocycles. The molecule has 3 aromatic rings. The zero-order chi connectivity index (χ0) is 25.2. The Bertz CT molecular complexity index is 1280. The van der Waals surface area contributed by atoms with Crippen molar-refractivity contribution < 1.29 is 28.2 Å². The number of benzene rings is 3. The summed E-state index contributed by atoms with van der Waals surface area (Å²) < 4.78 is 29.3. The number of anilines is 1. The lowest BCUT2D eigenvalue weighted by Gasteiger charge is -2.13. The monoisotopic (exact) mass is 474 g/mol. The van der Waals surface area contributed by atoms with Crippen LogP contribution in [0.3, 0.4) is 0 Å². The Morgan fingerprint density at radius 2 is 1.77 bits per heavy atom. The molecule has 178 valence electrons. The Hall–Kier alpha value is -4.64. The third-order valence-corrected chi connectivity index (χ3v) is 4.83. The van der Waals surface area contributed by atoms with E-state index in [4.69, 9.17) is 14.2 Å². The van der Waals surface area contributed by atoms with E-state index >= 15 is 0 Å². The summed E-state index contributed by atoms with van der Waals surface area (Å²) >= 11 is 0. The Balaban J connectivity index is 1.80. The zero-order valence-corrected chi connectivity index (χ0v) is 19.2. The van der Waals surface area contributed by atoms with Crippen LogP contribution < -0.4 is 14.8 Å². The standard InChI is InChI=1S/C27H23FN2O5/c1-3-34-25-15-19(10-13-24(25)35-17-18-8-11-21(28)12-9-18)14-20(16-29)26(31)30-23-7-5-4-6-22(23)27(32)33-2/h4-15H,3,17H2,1-2H3,(H,30,31). The summed E-state index contributed by atoms with van der Waals surface area (Å²) in [7, 11) is 1.24. The van der Waals surface area contributed by atoms with Gasteiger partial charge in [0.25, 0.3) is 5.91 Å². The maximum absolute atomic E-state index is 13.1. The van der Waals surface area contributed by atoms with E-state index in [1.165, 1.54) is 31.4 Å². The maximum atomic E-state index is 13.1. The minimum absolute atomic E-state index is 0.168. The number of esters is 1. The number of nitrogens with zero attached hydrogens (tertiary/aromatic N) is 1. The molecule has 8 heteroatoms. The van der Waals surface area contributed by atoms with Crippen LogP contribution in [0.2, 0.25) is 0 Å². The molecule has 1 N–H and O–H groups in total. The molecule has 0 bridgehead atoms. The molecular formula is C27H23FN2O5. The average Bonchev–Trinajstić information content (AvgIpc) is 2.87. The van der Waals surface area contributed by atoms with Gasteiger partial charge in [0.05, 0.1) is 25.0 Å². The molecule has 0 aromatic heterocycles. The summed E-state index contributed by atoms with van der Waals surface area (Å²) in [5.74, 6) is -0.731. The van der Waals surface area contributed by atoms with Crippen molar-refractivity contribution in [2.45, 2.75) is 13.5 Å². The van der Waals surface area contributed by atoms with E-state index < -0.39 is 11.9 Å². The van der Waals surface area contributed by atoms with E-state index in [0.29, 0.717) is 23.7 Å². The highest BCUT2D eigenvalue weighted by atomic mass is 19.1. The lowest BCUT2D eigenvalue weighted by molar-refractivity contribution is -0.112. The number of ether oxygens (including phenoxy) is 3. The second kappa shape index (κ2) is 12.0. The summed E-state index contributed by atoms with van der Waals surface area (Å²) in [4.78, 5) is 24.7. The van der Waals surface area contributed by atoms with Gasteiger partial charge in [-0.3, -0.25) is 4.79 Å². The van der Waals surface area contributed by atoms with Crippen molar-refractivity contribution in [2.24, 2.45) is 0 Å². The van der Waals surface area contributed by atoms with Gasteiger partial charge >= 0.3 is 5.97 Å². The second-order valence-electron chi connectivity index (χ2n) is 7.22. The summed E-state index contributed by atoms with van der Waals surface area (Å²) in [6.45, 7) is 2.40. The van der Waals surface area contributed by atoms with Crippen molar-refractivity contribution in [3.63, 3.8) is 0 Å². The van der Waals surface area contributed by atoms with Crippen LogP contribution in [0, 0.1) is 17.1 Å². The number of para-hydroxylation sites is 1. The molecule has 0 aliphatic heterocycles. The first kappa shape index (κ1) is 25.0. The summed E-state index contributed by atoms with van der Waals surface area (Å²) in [5.41, 5.74) is 1.54. The van der Waals surface area contributed by atoms with Gasteiger partial charge in [0.2, 0.25) is 0 Å². The van der Waals surface area contributed by atoms with Gasteiger partial charge in [-0.05, 0) is 60.5 Å². The Morgan fingerprint density at radius 3 is 2.46 bits per heavy atom. The molecule has 0 radical (unpaired) electrons. The molecule has 7 nitrogen and oxygen atoms in total. The van der Waals surface area contributed by atoms with Crippen molar-refractivity contribution >= 4 is 23.6 Å². The molecule has 0 heterocycles. The van der Waals surface area contributed by atoms with E-state index in [1.807, 2.05) is 13.0 Å². The van der Waals surface area contributed by atoms with Crippen LogP contribution in [0.15, 0.2) is 72.3 Å². The normalized spacial score (nSPS) is 10.7. The van der Waals surface area contributed by atoms with Crippen molar-refractivity contribution in [2.75, 3.05) is 19.0 Å². The molecule has 0 aliphatic rings. The third-order valence-electron chi connectivity index (χ3n) is 4.83. The lowest BCUT2D eigenvalue weighted by atomic mass is 10.1. The van der Waals surface area contributed by atoms with E-state index in [0.717, 1.165) is 5.56 Å². The second-order valence-corrected chi connectivity index (χ2v) is 7.22. The fourth-order valence-electron chi connectivity index (χ4n) is 3.13. The van der Waals surface area contributed by atoms with Crippen LogP contribution in [0.5, 0.6) is 11.5 Å². The number of amides is 1. The smallest absolute Gasteiger partial charge is 0.339 e. The number of hydrogen-bond acceptors (Lipinski definition) is 6. The number of carbonyl (C=O) groups is 2. The van der Waals surface area contributed by atoms with E-state index in [9.17, 15) is 19.2 Å². The molecule has 1 amide bonds. The number of carbonyl (C=O) groups excluding carboxylic acids is 2. The number of hydrogen-bond donors (Lipinski definition) is 1. The van der Waals surface area contributed by atoms with Crippen molar-refractivity contribution in [3.05, 3.63) is 94.8 Å². The van der Waals surface area contributed by atoms with Gasteiger partial charge in [-0.15, -0.1) is 0 Å². The minimum atomic E-state index is -0.682. The van der Waals surface area contributed by atoms with Crippen LogP contribution in [0.1, 0.15) is 28.4 Å². The first-order chi connectivity index (χ1) is 16.9. The van der Waals surface area contributed by atoms with Gasteiger partial charge < -0.3 is 19.5 Å². The number of nitrogens with one attached hydrogen (secondary N) is 1. The van der Waals surface area contributed by atoms with Gasteiger partial charge in [-0.1, -0.05) is 30.3 Å². The number of methoxy groups -OCH3 is 1. The fourth-order valence-corrected chi connectivity index (χ4v) is 3.13. The summed E-state index contributed by atoms with van der Waals surface area (Å²) in [6.07, 6.45) is 1.41. The topological polar surface area (TPSA) is 97.7 Å². The SMILES string of the molecule is CCOc1cc(C=C(C#N)C(=O)Nc2ccccc2C(=O)OC)ccc1OCc1ccc(F)cc1. The van der Waals surface area contributed by atoms with Gasteiger partial charge in [0.15, 0.2) is 11.5 Å². The molecule has 0 fully saturated rings. The lowest BCUT2D eigenvalue weighted by Crippen LogP contribution is -2.16. The number of rotatable bonds is 9. The largest absolute Gasteiger partial charge is 0.490 e. The summed E-state index contributed by atoms with van der Waals surface area (Å²) in [6, 6.07) is 19.2. The first-order valence-corrected chi connectivity index (χ1v) is 10.7. The number of halogens is 1. The fraction of sp³-hybridized carbons (Fsp3) is 0.148. The van der Waals surface area contributed by atoms with E-state index in [1.54, 1.807) is 48.5 Å². The highest BCUT2D eigenvalue weighted by Gasteiger charge is 2.16. The van der Waals surface area contributed by atoms with Gasteiger partial charge in [-0.2, -0.15) is 5.26 Å². The van der Waals surface area contributed by atoms with Crippen LogP contribution >= 0.6 is 0 Å². The zero-order valence-electron chi connectivity index (χ0n) is 19.2. The highest BCUT2D eigenvalue weighted by molar-refractivity contribution is 6.12. The summed E-state index contributed by atoms with van der Waals surface area (Å²) in [5, 5.41) is 12.1. The molecular weight excluding hydrogens is 451 g/mol. The molecule has 3 aromatic carbocycles. The van der Waals surface area contributed by atoms with Crippen LogP contribution in [-0.4, -0.2) is 25.6 Å². The predicted molar refractivity (Wildman–Crippen MR) is 128 cm³/mol. The van der Waals surface area contributed by atoms with Gasteiger partial charge in [-0.25, -0.2) is 9.18 Å². The van der Waals surface area contributed by atoms with E-state index in [-0.39, 0.29) is 29.2 Å². The van der Waals surface area contributed by atoms with E-state index in [2.05, 4.69) is 5.32 Å². The van der Waals surface area contributed by atoms with Crippen LogP contribution in [0.25, 0.3) is 6.08 Å². The molecule has 35 heavy (non-hydrogen) atoms. The van der Waals surface area contributed by atoms with Crippen molar-refractivity contribution in [1.29, 1.82) is 5.26 Å².